The van der Waals surface area contributed by atoms with Gasteiger partial charge in [0.2, 0.25) is 5.95 Å². The van der Waals surface area contributed by atoms with Crippen molar-refractivity contribution in [2.24, 2.45) is 5.84 Å². The van der Waals surface area contributed by atoms with E-state index in [0.29, 0.717) is 22.8 Å². The van der Waals surface area contributed by atoms with Gasteiger partial charge in [0.05, 0.1) is 16.6 Å². The number of nitrogen functional groups attached to an aromatic ring is 1. The lowest BCUT2D eigenvalue weighted by Gasteiger charge is -2.13. The predicted molar refractivity (Wildman–Crippen MR) is 89.2 cm³/mol. The Hall–Kier alpha value is -2.66. The number of fused-ring (bicyclic) bond motifs is 1. The first kappa shape index (κ1) is 14.3. The minimum absolute atomic E-state index is 0.143. The Morgan fingerprint density at radius 3 is 2.41 bits per heavy atom. The van der Waals surface area contributed by atoms with Crippen LogP contribution in [0.25, 0.3) is 16.6 Å². The van der Waals surface area contributed by atoms with Crippen molar-refractivity contribution in [1.29, 1.82) is 0 Å². The van der Waals surface area contributed by atoms with E-state index in [1.165, 1.54) is 10.1 Å². The van der Waals surface area contributed by atoms with E-state index >= 15 is 0 Å². The summed E-state index contributed by atoms with van der Waals surface area (Å²) < 4.78 is 1.49. The van der Waals surface area contributed by atoms with Gasteiger partial charge in [0.1, 0.15) is 0 Å². The Balaban J connectivity index is 2.25. The third-order valence-electron chi connectivity index (χ3n) is 3.72. The second-order valence-corrected chi connectivity index (χ2v) is 5.48. The van der Waals surface area contributed by atoms with Crippen LogP contribution in [0.3, 0.4) is 0 Å². The van der Waals surface area contributed by atoms with Crippen LogP contribution >= 0.6 is 0 Å². The van der Waals surface area contributed by atoms with Crippen LogP contribution in [0.15, 0.2) is 53.3 Å². The van der Waals surface area contributed by atoms with Crippen LogP contribution in [0.5, 0.6) is 0 Å². The highest BCUT2D eigenvalue weighted by Gasteiger charge is 2.12. The fraction of sp³-hybridized carbons (Fsp3) is 0.176. The maximum absolute atomic E-state index is 12.8. The highest BCUT2D eigenvalue weighted by Crippen LogP contribution is 2.19. The van der Waals surface area contributed by atoms with Crippen molar-refractivity contribution in [3.8, 4) is 5.69 Å². The maximum atomic E-state index is 12.8. The Labute approximate surface area is 128 Å². The third-order valence-corrected chi connectivity index (χ3v) is 3.72. The molecule has 1 heterocycles. The Bertz CT molecular complexity index is 866. The SMILES string of the molecule is CC(C)c1ccc(-n2c(NN)nc3ccccc3c2=O)cc1. The molecular formula is C17H18N4O. The van der Waals surface area contributed by atoms with Crippen molar-refractivity contribution in [1.82, 2.24) is 9.55 Å². The summed E-state index contributed by atoms with van der Waals surface area (Å²) in [6, 6.07) is 15.1. The number of benzene rings is 2. The number of nitrogens with two attached hydrogens (primary N) is 1. The number of para-hydroxylation sites is 1. The van der Waals surface area contributed by atoms with E-state index in [2.05, 4.69) is 24.3 Å². The number of hydrogen-bond acceptors (Lipinski definition) is 4. The third kappa shape index (κ3) is 2.35. The molecule has 5 nitrogen and oxygen atoms in total. The molecule has 3 aromatic rings. The van der Waals surface area contributed by atoms with Gasteiger partial charge in [-0.05, 0) is 35.7 Å². The second kappa shape index (κ2) is 5.61. The first-order valence-electron chi connectivity index (χ1n) is 7.20. The molecular weight excluding hydrogens is 276 g/mol. The van der Waals surface area contributed by atoms with Crippen LogP contribution in [0.2, 0.25) is 0 Å². The average molecular weight is 294 g/mol. The summed E-state index contributed by atoms with van der Waals surface area (Å²) in [5.41, 5.74) is 4.95. The van der Waals surface area contributed by atoms with Crippen LogP contribution in [0, 0.1) is 0 Å². The number of rotatable bonds is 3. The molecule has 0 aliphatic heterocycles. The van der Waals surface area contributed by atoms with E-state index in [4.69, 9.17) is 5.84 Å². The van der Waals surface area contributed by atoms with Crippen molar-refractivity contribution in [2.45, 2.75) is 19.8 Å². The number of nitrogens with zero attached hydrogens (tertiary/aromatic N) is 2. The molecule has 0 aliphatic carbocycles. The lowest BCUT2D eigenvalue weighted by molar-refractivity contribution is 0.863. The van der Waals surface area contributed by atoms with Gasteiger partial charge >= 0.3 is 0 Å². The zero-order chi connectivity index (χ0) is 15.7. The van der Waals surface area contributed by atoms with E-state index in [0.717, 1.165) is 5.69 Å². The normalized spacial score (nSPS) is 11.1. The molecule has 5 heteroatoms. The molecule has 0 atom stereocenters. The molecule has 0 fully saturated rings. The molecule has 1 aromatic heterocycles. The quantitative estimate of drug-likeness (QED) is 0.575. The van der Waals surface area contributed by atoms with Crippen molar-refractivity contribution in [3.63, 3.8) is 0 Å². The number of nitrogens with one attached hydrogen (secondary N) is 1. The largest absolute Gasteiger partial charge is 0.293 e. The first-order chi connectivity index (χ1) is 10.6. The van der Waals surface area contributed by atoms with Crippen LogP contribution in [-0.4, -0.2) is 9.55 Å². The van der Waals surface area contributed by atoms with Gasteiger partial charge in [-0.3, -0.25) is 10.2 Å². The zero-order valence-electron chi connectivity index (χ0n) is 12.6. The molecule has 0 amide bonds. The molecule has 2 aromatic carbocycles. The Morgan fingerprint density at radius 1 is 1.09 bits per heavy atom. The van der Waals surface area contributed by atoms with E-state index < -0.39 is 0 Å². The predicted octanol–water partition coefficient (Wildman–Crippen LogP) is 2.79. The first-order valence-corrected chi connectivity index (χ1v) is 7.20. The molecule has 3 N–H and O–H groups in total. The summed E-state index contributed by atoms with van der Waals surface area (Å²) in [4.78, 5) is 17.2. The molecule has 0 spiro atoms. The van der Waals surface area contributed by atoms with Gasteiger partial charge in [-0.2, -0.15) is 0 Å². The summed E-state index contributed by atoms with van der Waals surface area (Å²) >= 11 is 0. The lowest BCUT2D eigenvalue weighted by Crippen LogP contribution is -2.26. The molecule has 22 heavy (non-hydrogen) atoms. The van der Waals surface area contributed by atoms with Gasteiger partial charge in [-0.1, -0.05) is 38.1 Å². The van der Waals surface area contributed by atoms with Gasteiger partial charge in [0.15, 0.2) is 0 Å². The van der Waals surface area contributed by atoms with E-state index in [-0.39, 0.29) is 5.56 Å². The van der Waals surface area contributed by atoms with Gasteiger partial charge < -0.3 is 0 Å². The highest BCUT2D eigenvalue weighted by atomic mass is 16.1. The van der Waals surface area contributed by atoms with Crippen molar-refractivity contribution >= 4 is 16.9 Å². The minimum Gasteiger partial charge on any atom is -0.293 e. The van der Waals surface area contributed by atoms with E-state index in [9.17, 15) is 4.79 Å². The minimum atomic E-state index is -0.143. The van der Waals surface area contributed by atoms with Crippen LogP contribution < -0.4 is 16.8 Å². The van der Waals surface area contributed by atoms with E-state index in [1.807, 2.05) is 36.4 Å². The molecule has 0 radical (unpaired) electrons. The number of hydrazine groups is 1. The molecule has 0 unspecified atom stereocenters. The van der Waals surface area contributed by atoms with Crippen molar-refractivity contribution in [2.75, 3.05) is 5.43 Å². The number of hydrogen-bond donors (Lipinski definition) is 2. The van der Waals surface area contributed by atoms with Crippen molar-refractivity contribution < 1.29 is 0 Å². The van der Waals surface area contributed by atoms with Crippen LogP contribution in [0.1, 0.15) is 25.3 Å². The zero-order valence-corrected chi connectivity index (χ0v) is 12.6. The maximum Gasteiger partial charge on any atom is 0.267 e. The molecule has 112 valence electrons. The summed E-state index contributed by atoms with van der Waals surface area (Å²) in [5.74, 6) is 6.31. The molecule has 0 saturated carbocycles. The second-order valence-electron chi connectivity index (χ2n) is 5.48. The van der Waals surface area contributed by atoms with Gasteiger partial charge in [-0.15, -0.1) is 0 Å². The highest BCUT2D eigenvalue weighted by molar-refractivity contribution is 5.79. The van der Waals surface area contributed by atoms with Gasteiger partial charge in [-0.25, -0.2) is 15.4 Å². The van der Waals surface area contributed by atoms with Crippen molar-refractivity contribution in [3.05, 3.63) is 64.4 Å². The number of aromatic nitrogens is 2. The fourth-order valence-corrected chi connectivity index (χ4v) is 2.48. The van der Waals surface area contributed by atoms with Gasteiger partial charge in [0.25, 0.3) is 5.56 Å². The van der Waals surface area contributed by atoms with E-state index in [1.54, 1.807) is 12.1 Å². The summed E-state index contributed by atoms with van der Waals surface area (Å²) in [6.45, 7) is 4.26. The Kier molecular flexibility index (Phi) is 3.65. The smallest absolute Gasteiger partial charge is 0.267 e. The summed E-state index contributed by atoms with van der Waals surface area (Å²) in [7, 11) is 0. The molecule has 0 aliphatic rings. The Morgan fingerprint density at radius 2 is 1.77 bits per heavy atom. The molecule has 3 rings (SSSR count). The van der Waals surface area contributed by atoms with Crippen LogP contribution in [-0.2, 0) is 0 Å². The fourth-order valence-electron chi connectivity index (χ4n) is 2.48. The summed E-state index contributed by atoms with van der Waals surface area (Å²) in [5, 5.41) is 0.564. The average Bonchev–Trinajstić information content (AvgIpc) is 2.55. The number of anilines is 1. The molecule has 0 saturated heterocycles. The monoisotopic (exact) mass is 294 g/mol. The lowest BCUT2D eigenvalue weighted by atomic mass is 10.0. The topological polar surface area (TPSA) is 72.9 Å². The molecule has 0 bridgehead atoms. The van der Waals surface area contributed by atoms with Gasteiger partial charge in [0, 0.05) is 0 Å². The van der Waals surface area contributed by atoms with Crippen LogP contribution in [0.4, 0.5) is 5.95 Å². The summed E-state index contributed by atoms with van der Waals surface area (Å²) in [6.07, 6.45) is 0. The standard InChI is InChI=1S/C17H18N4O/c1-11(2)12-7-9-13(10-8-12)21-16(22)14-5-3-4-6-15(14)19-17(21)20-18/h3-11H,18H2,1-2H3,(H,19,20).